The van der Waals surface area contributed by atoms with Crippen molar-refractivity contribution >= 4 is 17.9 Å². The van der Waals surface area contributed by atoms with Gasteiger partial charge in [0.15, 0.2) is 0 Å². The topological polar surface area (TPSA) is 112 Å². The number of allylic oxidation sites excluding steroid dienone is 2. The van der Waals surface area contributed by atoms with E-state index in [0.717, 1.165) is 50.5 Å². The summed E-state index contributed by atoms with van der Waals surface area (Å²) < 4.78 is 0. The molecule has 3 saturated carbocycles. The largest absolute Gasteiger partial charge is 0.481 e. The molecule has 0 amide bonds. The smallest absolute Gasteiger partial charge is 0.331 e. The van der Waals surface area contributed by atoms with Crippen molar-refractivity contribution in [1.82, 2.24) is 0 Å². The Hall–Kier alpha value is -2.11. The first-order valence-corrected chi connectivity index (χ1v) is 13.7. The van der Waals surface area contributed by atoms with Gasteiger partial charge in [-0.05, 0) is 112 Å². The summed E-state index contributed by atoms with van der Waals surface area (Å²) in [7, 11) is 0. The quantitative estimate of drug-likeness (QED) is 0.294. The fraction of sp³-hybridized carbons (Fsp3) is 0.767. The lowest BCUT2D eigenvalue weighted by Gasteiger charge is -2.63. The van der Waals surface area contributed by atoms with Crippen molar-refractivity contribution in [1.29, 1.82) is 0 Å². The molecule has 4 unspecified atom stereocenters. The van der Waals surface area contributed by atoms with Crippen LogP contribution >= 0.6 is 0 Å². The number of aliphatic carboxylic acids is 3. The second kappa shape index (κ2) is 10.3. The zero-order valence-electron chi connectivity index (χ0n) is 23.0. The van der Waals surface area contributed by atoms with E-state index in [0.29, 0.717) is 41.2 Å². The second-order valence-electron chi connectivity index (χ2n) is 12.7. The molecule has 0 aromatic heterocycles. The Kier molecular flexibility index (Phi) is 8.17. The summed E-state index contributed by atoms with van der Waals surface area (Å²) >= 11 is 0. The molecule has 7 atom stereocenters. The van der Waals surface area contributed by atoms with E-state index < -0.39 is 23.3 Å². The van der Waals surface area contributed by atoms with E-state index in [-0.39, 0.29) is 17.3 Å². The molecule has 0 spiro atoms. The van der Waals surface area contributed by atoms with Gasteiger partial charge in [-0.3, -0.25) is 4.79 Å². The normalized spacial score (nSPS) is 38.6. The van der Waals surface area contributed by atoms with Crippen LogP contribution in [0.2, 0.25) is 0 Å². The molecule has 6 nitrogen and oxygen atoms in total. The van der Waals surface area contributed by atoms with E-state index in [4.69, 9.17) is 5.11 Å². The predicted octanol–water partition coefficient (Wildman–Crippen LogP) is 6.95. The molecule has 3 aliphatic carbocycles. The van der Waals surface area contributed by atoms with E-state index in [1.54, 1.807) is 13.8 Å². The van der Waals surface area contributed by atoms with Gasteiger partial charge in [0, 0.05) is 17.6 Å². The molecular weight excluding hydrogens is 456 g/mol. The van der Waals surface area contributed by atoms with Gasteiger partial charge in [0.1, 0.15) is 0 Å². The van der Waals surface area contributed by atoms with Gasteiger partial charge in [-0.15, -0.1) is 0 Å². The minimum Gasteiger partial charge on any atom is -0.481 e. The highest BCUT2D eigenvalue weighted by atomic mass is 16.4. The van der Waals surface area contributed by atoms with Crippen molar-refractivity contribution in [2.45, 2.75) is 106 Å². The van der Waals surface area contributed by atoms with Gasteiger partial charge in [-0.2, -0.15) is 0 Å². The van der Waals surface area contributed by atoms with Crippen LogP contribution < -0.4 is 0 Å². The van der Waals surface area contributed by atoms with E-state index in [1.807, 2.05) is 6.08 Å². The second-order valence-corrected chi connectivity index (χ2v) is 12.7. The standard InChI is InChI=1S/C30H46O6/c1-18(8-7-9-19(2)26(33)34)21-12-16-30(6)24-11-10-22(20(3)27(35)36)28(4,15-14-25(31)32)23(24)13-17-29(21,30)5/h9,18,21,23-24H,7-8,10-17H2,1-6H3,(H,31,32)(H,33,34)(H,35,36)/t18?,21?,23?,24?,28-,29+,30-/m0/s1. The number of fused-ring (bicyclic) bond motifs is 3. The highest BCUT2D eigenvalue weighted by molar-refractivity contribution is 5.87. The van der Waals surface area contributed by atoms with Crippen LogP contribution in [0.4, 0.5) is 0 Å². The highest BCUT2D eigenvalue weighted by Crippen LogP contribution is 2.73. The van der Waals surface area contributed by atoms with Crippen molar-refractivity contribution < 1.29 is 29.7 Å². The molecule has 36 heavy (non-hydrogen) atoms. The molecular formula is C30H46O6. The van der Waals surface area contributed by atoms with Crippen LogP contribution in [0.3, 0.4) is 0 Å². The Labute approximate surface area is 216 Å². The van der Waals surface area contributed by atoms with Crippen LogP contribution in [0.25, 0.3) is 0 Å². The summed E-state index contributed by atoms with van der Waals surface area (Å²) in [6.07, 6.45) is 10.3. The maximum atomic E-state index is 12.0. The third-order valence-electron chi connectivity index (χ3n) is 11.3. The molecule has 3 N–H and O–H groups in total. The number of carboxylic acids is 3. The average Bonchev–Trinajstić information content (AvgIpc) is 3.08. The maximum Gasteiger partial charge on any atom is 0.331 e. The van der Waals surface area contributed by atoms with Crippen LogP contribution in [0.5, 0.6) is 0 Å². The first kappa shape index (κ1) is 28.5. The summed E-state index contributed by atoms with van der Waals surface area (Å²) in [5, 5.41) is 28.5. The number of rotatable bonds is 9. The molecule has 3 rings (SSSR count). The average molecular weight is 503 g/mol. The van der Waals surface area contributed by atoms with Gasteiger partial charge >= 0.3 is 17.9 Å². The Morgan fingerprint density at radius 1 is 0.944 bits per heavy atom. The van der Waals surface area contributed by atoms with Gasteiger partial charge in [0.2, 0.25) is 0 Å². The van der Waals surface area contributed by atoms with Gasteiger partial charge in [-0.25, -0.2) is 9.59 Å². The van der Waals surface area contributed by atoms with Crippen LogP contribution in [0, 0.1) is 39.9 Å². The number of carbonyl (C=O) groups is 3. The molecule has 0 aromatic carbocycles. The summed E-state index contributed by atoms with van der Waals surface area (Å²) in [5.41, 5.74) is 1.69. The van der Waals surface area contributed by atoms with Crippen molar-refractivity contribution in [2.24, 2.45) is 39.9 Å². The van der Waals surface area contributed by atoms with Crippen LogP contribution in [-0.2, 0) is 14.4 Å². The SMILES string of the molecule is CC(=CCCC(C)C1CC[C@@]2(C)C3CCC(=C(C)C(=O)O)[C@](C)(CCC(=O)O)C3CC[C@]12C)C(=O)O. The molecule has 0 heterocycles. The summed E-state index contributed by atoms with van der Waals surface area (Å²) in [5.74, 6) is -0.743. The fourth-order valence-corrected chi connectivity index (χ4v) is 8.97. The summed E-state index contributed by atoms with van der Waals surface area (Å²) in [6, 6.07) is 0. The van der Waals surface area contributed by atoms with E-state index in [9.17, 15) is 24.6 Å². The predicted molar refractivity (Wildman–Crippen MR) is 139 cm³/mol. The first-order valence-electron chi connectivity index (χ1n) is 13.7. The third-order valence-corrected chi connectivity index (χ3v) is 11.3. The maximum absolute atomic E-state index is 12.0. The molecule has 0 bridgehead atoms. The molecule has 0 aliphatic heterocycles. The van der Waals surface area contributed by atoms with E-state index in [1.165, 1.54) is 6.42 Å². The third kappa shape index (κ3) is 4.77. The van der Waals surface area contributed by atoms with Crippen molar-refractivity contribution in [3.05, 3.63) is 22.8 Å². The molecule has 0 radical (unpaired) electrons. The molecule has 6 heteroatoms. The molecule has 3 fully saturated rings. The number of hydrogen-bond acceptors (Lipinski definition) is 3. The number of hydrogen-bond donors (Lipinski definition) is 3. The Morgan fingerprint density at radius 2 is 1.58 bits per heavy atom. The molecule has 0 aromatic rings. The van der Waals surface area contributed by atoms with E-state index in [2.05, 4.69) is 27.7 Å². The van der Waals surface area contributed by atoms with Crippen molar-refractivity contribution in [3.63, 3.8) is 0 Å². The van der Waals surface area contributed by atoms with Crippen LogP contribution in [0.1, 0.15) is 106 Å². The lowest BCUT2D eigenvalue weighted by Crippen LogP contribution is -2.55. The lowest BCUT2D eigenvalue weighted by molar-refractivity contribution is -0.140. The minimum atomic E-state index is -0.890. The van der Waals surface area contributed by atoms with Gasteiger partial charge in [-0.1, -0.05) is 39.3 Å². The number of carboxylic acid groups (broad SMARTS) is 3. The van der Waals surface area contributed by atoms with Gasteiger partial charge < -0.3 is 15.3 Å². The minimum absolute atomic E-state index is 0.0625. The molecule has 202 valence electrons. The zero-order valence-corrected chi connectivity index (χ0v) is 23.0. The zero-order chi connectivity index (χ0) is 27.1. The fourth-order valence-electron chi connectivity index (χ4n) is 8.97. The first-order chi connectivity index (χ1) is 16.7. The monoisotopic (exact) mass is 502 g/mol. The van der Waals surface area contributed by atoms with Gasteiger partial charge in [0.05, 0.1) is 0 Å². The van der Waals surface area contributed by atoms with E-state index >= 15 is 0 Å². The molecule has 3 aliphatic rings. The van der Waals surface area contributed by atoms with Crippen molar-refractivity contribution in [3.8, 4) is 0 Å². The lowest BCUT2D eigenvalue weighted by atomic mass is 9.42. The van der Waals surface area contributed by atoms with Gasteiger partial charge in [0.25, 0.3) is 0 Å². The summed E-state index contributed by atoms with van der Waals surface area (Å²) in [6.45, 7) is 12.7. The van der Waals surface area contributed by atoms with Crippen molar-refractivity contribution in [2.75, 3.05) is 0 Å². The summed E-state index contributed by atoms with van der Waals surface area (Å²) in [4.78, 5) is 34.7. The molecule has 0 saturated heterocycles. The van der Waals surface area contributed by atoms with Crippen LogP contribution in [-0.4, -0.2) is 33.2 Å². The van der Waals surface area contributed by atoms with Crippen LogP contribution in [0.15, 0.2) is 22.8 Å². The highest BCUT2D eigenvalue weighted by Gasteiger charge is 2.65. The Morgan fingerprint density at radius 3 is 2.17 bits per heavy atom. The Balaban J connectivity index is 1.89. The Bertz CT molecular complexity index is 962.